The Morgan fingerprint density at radius 2 is 0.296 bits per heavy atom. The second-order valence-electron chi connectivity index (χ2n) is 9.79. The van der Waals surface area contributed by atoms with Gasteiger partial charge in [-0.05, 0) is 0 Å². The maximum Gasteiger partial charge on any atom is 0.460 e. The molecule has 0 aromatic rings. The lowest BCUT2D eigenvalue weighted by atomic mass is 9.82. The highest BCUT2D eigenvalue weighted by Gasteiger charge is 3.02. The van der Waals surface area contributed by atoms with E-state index in [4.69, 9.17) is 0 Å². The number of alkyl halides is 35. The van der Waals surface area contributed by atoms with Crippen LogP contribution in [-0.2, 0) is 4.79 Å². The largest absolute Gasteiger partial charge is 0.460 e. The molecule has 0 aliphatic carbocycles. The topological polar surface area (TPSA) is 17.1 Å². The summed E-state index contributed by atoms with van der Waals surface area (Å²) in [7, 11) is 0. The second-order valence-corrected chi connectivity index (χ2v) is 9.79. The number of hydrogen-bond acceptors (Lipinski definition) is 1. The zero-order valence-electron chi connectivity index (χ0n) is 22.6. The maximum atomic E-state index is 13.8. The normalized spacial score (nSPS) is 17.2. The summed E-state index contributed by atoms with van der Waals surface area (Å²) in [5.74, 6) is -155. The van der Waals surface area contributed by atoms with Gasteiger partial charge >= 0.3 is 101 Å². The highest BCUT2D eigenvalue weighted by Crippen LogP contribution is 2.70. The van der Waals surface area contributed by atoms with Crippen molar-refractivity contribution in [1.29, 1.82) is 0 Å². The van der Waals surface area contributed by atoms with Gasteiger partial charge in [-0.3, -0.25) is 4.79 Å². The van der Waals surface area contributed by atoms with E-state index in [9.17, 15) is 158 Å². The van der Waals surface area contributed by atoms with Crippen molar-refractivity contribution in [2.45, 2.75) is 101 Å². The summed E-state index contributed by atoms with van der Waals surface area (Å²) in [5, 5.41) is 0. The van der Waals surface area contributed by atoms with Crippen molar-refractivity contribution in [3.05, 3.63) is 0 Å². The highest BCUT2D eigenvalue weighted by atomic mass is 19.4. The molecule has 0 amide bonds. The zero-order chi connectivity index (χ0) is 45.2. The third-order valence-electron chi connectivity index (χ3n) is 6.40. The van der Waals surface area contributed by atoms with Gasteiger partial charge in [0.25, 0.3) is 6.29 Å². The standard InChI is InChI=1S/C18F35O/c19-2(20,1-54)3(21,22)4(23,24)5(25,26)6(27,28)7(29,30)8(31,32)9(33,34)10(35,36)11(37,38)12(39,40)13(41,42)14(43,44)15(45,46)16(47,48)17(49,50)18(51,52)53. The minimum atomic E-state index is -10.3. The predicted octanol–water partition coefficient (Wildman–Crippen LogP) is 10.8. The Bertz CT molecular complexity index is 1390. The number of hydrogen-bond donors (Lipinski definition) is 0. The molecular formula is C18F35O. The van der Waals surface area contributed by atoms with Crippen LogP contribution < -0.4 is 0 Å². The average Bonchev–Trinajstić information content (AvgIpc) is 2.94. The molecule has 0 bridgehead atoms. The van der Waals surface area contributed by atoms with Crippen molar-refractivity contribution in [2.75, 3.05) is 0 Å². The molecule has 0 unspecified atom stereocenters. The van der Waals surface area contributed by atoms with Crippen LogP contribution in [-0.4, -0.2) is 107 Å². The van der Waals surface area contributed by atoms with Gasteiger partial charge in [0, 0.05) is 0 Å². The van der Waals surface area contributed by atoms with E-state index in [1.54, 1.807) is 0 Å². The van der Waals surface area contributed by atoms with E-state index >= 15 is 0 Å². The predicted molar refractivity (Wildman–Crippen MR) is 90.9 cm³/mol. The Labute approximate surface area is 267 Å². The van der Waals surface area contributed by atoms with Crippen molar-refractivity contribution in [3.63, 3.8) is 0 Å². The monoisotopic (exact) mass is 897 g/mol. The Morgan fingerprint density at radius 3 is 0.407 bits per heavy atom. The van der Waals surface area contributed by atoms with E-state index in [0.29, 0.717) is 0 Å². The first-order valence-corrected chi connectivity index (χ1v) is 11.1. The molecule has 0 spiro atoms. The van der Waals surface area contributed by atoms with Crippen molar-refractivity contribution < 1.29 is 158 Å². The van der Waals surface area contributed by atoms with Crippen LogP contribution >= 0.6 is 0 Å². The van der Waals surface area contributed by atoms with Crippen molar-refractivity contribution >= 4 is 6.29 Å². The van der Waals surface area contributed by atoms with Crippen LogP contribution in [0.2, 0.25) is 0 Å². The number of rotatable bonds is 16. The molecule has 1 nitrogen and oxygen atoms in total. The van der Waals surface area contributed by atoms with E-state index in [1.807, 2.05) is 0 Å². The molecule has 0 saturated carbocycles. The first-order chi connectivity index (χ1) is 22.6. The Kier molecular flexibility index (Phi) is 11.5. The quantitative estimate of drug-likeness (QED) is 0.141. The molecular weight excluding hydrogens is 897 g/mol. The number of carbonyl (C=O) groups excluding carboxylic acids is 1. The molecule has 0 aliphatic rings. The van der Waals surface area contributed by atoms with Crippen molar-refractivity contribution in [2.24, 2.45) is 0 Å². The van der Waals surface area contributed by atoms with E-state index in [1.165, 1.54) is 0 Å². The molecule has 1 radical (unpaired) electrons. The SMILES string of the molecule is O=[C]C(F)(F)C(F)(F)C(F)(F)C(F)(F)C(F)(F)C(F)(F)C(F)(F)C(F)(F)C(F)(F)C(F)(F)C(F)(F)C(F)(F)C(F)(F)C(F)(F)C(F)(F)C(F)(F)C(F)(F)F. The summed E-state index contributed by atoms with van der Waals surface area (Å²) in [6, 6.07) is 0. The van der Waals surface area contributed by atoms with Crippen LogP contribution in [0.3, 0.4) is 0 Å². The molecule has 323 valence electrons. The summed E-state index contributed by atoms with van der Waals surface area (Å²) < 4.78 is 467. The minimum Gasteiger partial charge on any atom is -0.283 e. The molecule has 0 N–H and O–H groups in total. The van der Waals surface area contributed by atoms with Gasteiger partial charge in [0.15, 0.2) is 0 Å². The lowest BCUT2D eigenvalue weighted by molar-refractivity contribution is -0.492. The van der Waals surface area contributed by atoms with Gasteiger partial charge in [0.1, 0.15) is 0 Å². The van der Waals surface area contributed by atoms with E-state index < -0.39 is 107 Å². The summed E-state index contributed by atoms with van der Waals surface area (Å²) in [5.41, 5.74) is 0. The van der Waals surface area contributed by atoms with Crippen LogP contribution in [0.4, 0.5) is 154 Å². The maximum absolute atomic E-state index is 13.8. The fourth-order valence-corrected chi connectivity index (χ4v) is 3.00. The fourth-order valence-electron chi connectivity index (χ4n) is 3.00. The van der Waals surface area contributed by atoms with E-state index in [-0.39, 0.29) is 0 Å². The van der Waals surface area contributed by atoms with Gasteiger partial charge in [-0.1, -0.05) is 0 Å². The van der Waals surface area contributed by atoms with Gasteiger partial charge < -0.3 is 0 Å². The molecule has 0 aromatic heterocycles. The van der Waals surface area contributed by atoms with Crippen LogP contribution in [0.25, 0.3) is 0 Å². The van der Waals surface area contributed by atoms with Gasteiger partial charge in [-0.25, -0.2) is 0 Å². The van der Waals surface area contributed by atoms with Crippen LogP contribution in [0, 0.1) is 0 Å². The molecule has 0 rings (SSSR count). The lowest BCUT2D eigenvalue weighted by Gasteiger charge is -2.47. The highest BCUT2D eigenvalue weighted by molar-refractivity contribution is 5.63. The molecule has 54 heavy (non-hydrogen) atoms. The Balaban J connectivity index is 7.81. The molecule has 0 aliphatic heterocycles. The van der Waals surface area contributed by atoms with Crippen molar-refractivity contribution in [1.82, 2.24) is 0 Å². The Hall–Kier alpha value is -2.78. The third-order valence-corrected chi connectivity index (χ3v) is 6.40. The van der Waals surface area contributed by atoms with Gasteiger partial charge in [0.05, 0.1) is 0 Å². The summed E-state index contributed by atoms with van der Waals surface area (Å²) in [6.07, 6.45) is -10.1. The average molecular weight is 897 g/mol. The van der Waals surface area contributed by atoms with Crippen LogP contribution in [0.1, 0.15) is 0 Å². The number of halogens is 35. The van der Waals surface area contributed by atoms with Crippen LogP contribution in [0.5, 0.6) is 0 Å². The molecule has 36 heteroatoms. The van der Waals surface area contributed by atoms with Crippen molar-refractivity contribution in [3.8, 4) is 0 Å². The van der Waals surface area contributed by atoms with Crippen LogP contribution in [0.15, 0.2) is 0 Å². The molecule has 0 aromatic carbocycles. The lowest BCUT2D eigenvalue weighted by Crippen LogP contribution is -2.80. The zero-order valence-corrected chi connectivity index (χ0v) is 22.6. The molecule has 0 fully saturated rings. The second kappa shape index (κ2) is 12.1. The smallest absolute Gasteiger partial charge is 0.283 e. The van der Waals surface area contributed by atoms with Gasteiger partial charge in [-0.2, -0.15) is 154 Å². The van der Waals surface area contributed by atoms with Gasteiger partial charge in [0.2, 0.25) is 0 Å². The summed E-state index contributed by atoms with van der Waals surface area (Å²) >= 11 is 0. The Morgan fingerprint density at radius 1 is 0.185 bits per heavy atom. The molecule has 0 saturated heterocycles. The first kappa shape index (κ1) is 51.2. The molecule has 0 atom stereocenters. The minimum absolute atomic E-state index is 1.68. The first-order valence-electron chi connectivity index (χ1n) is 11.1. The van der Waals surface area contributed by atoms with E-state index in [2.05, 4.69) is 0 Å². The van der Waals surface area contributed by atoms with E-state index in [0.717, 1.165) is 0 Å². The third kappa shape index (κ3) is 5.50. The molecule has 0 heterocycles. The fraction of sp³-hybridized carbons (Fsp3) is 0.944. The van der Waals surface area contributed by atoms with Gasteiger partial charge in [-0.15, -0.1) is 0 Å². The summed E-state index contributed by atoms with van der Waals surface area (Å²) in [4.78, 5) is 9.63. The summed E-state index contributed by atoms with van der Waals surface area (Å²) in [6.45, 7) is 0.